The molecule has 1 saturated carbocycles. The minimum Gasteiger partial charge on any atom is -0.496 e. The van der Waals surface area contributed by atoms with Gasteiger partial charge in [-0.15, -0.1) is 0 Å². The first-order valence-corrected chi connectivity index (χ1v) is 7.20. The van der Waals surface area contributed by atoms with E-state index in [1.807, 2.05) is 31.2 Å². The lowest BCUT2D eigenvalue weighted by Gasteiger charge is -2.21. The Morgan fingerprint density at radius 3 is 2.62 bits per heavy atom. The second kappa shape index (κ2) is 6.61. The van der Waals surface area contributed by atoms with Crippen LogP contribution in [-0.4, -0.2) is 24.1 Å². The molecule has 0 aliphatic heterocycles. The van der Waals surface area contributed by atoms with Crippen LogP contribution in [-0.2, 0) is 9.59 Å². The molecule has 1 aliphatic carbocycles. The number of carboxylic acids is 1. The average Bonchev–Trinajstić information content (AvgIpc) is 2.96. The number of rotatable bonds is 5. The standard InChI is InChI=1S/C16H21NO4/c1-10(11-6-3-4-9-14(11)21-2)17-15(18)12-7-5-8-13(12)16(19)20/h3-4,6,9-10,12-13H,5,7-8H2,1-2H3,(H,17,18)(H,19,20)/t10?,12-,13+/m1/s1. The first-order chi connectivity index (χ1) is 10.0. The molecule has 5 heteroatoms. The smallest absolute Gasteiger partial charge is 0.307 e. The number of methoxy groups -OCH3 is 1. The molecule has 0 aromatic heterocycles. The molecule has 1 fully saturated rings. The molecular formula is C16H21NO4. The number of ether oxygens (including phenoxy) is 1. The number of benzene rings is 1. The van der Waals surface area contributed by atoms with Crippen LogP contribution in [0.2, 0.25) is 0 Å². The molecule has 1 unspecified atom stereocenters. The Morgan fingerprint density at radius 2 is 1.95 bits per heavy atom. The van der Waals surface area contributed by atoms with Gasteiger partial charge in [-0.1, -0.05) is 24.6 Å². The lowest BCUT2D eigenvalue weighted by molar-refractivity contribution is -0.146. The van der Waals surface area contributed by atoms with E-state index in [9.17, 15) is 9.59 Å². The summed E-state index contributed by atoms with van der Waals surface area (Å²) in [5.74, 6) is -1.34. The zero-order chi connectivity index (χ0) is 15.4. The molecule has 0 radical (unpaired) electrons. The van der Waals surface area contributed by atoms with Crippen molar-refractivity contribution in [3.63, 3.8) is 0 Å². The molecule has 0 spiro atoms. The highest BCUT2D eigenvalue weighted by molar-refractivity contribution is 5.85. The summed E-state index contributed by atoms with van der Waals surface area (Å²) in [6.07, 6.45) is 2.01. The van der Waals surface area contributed by atoms with Crippen molar-refractivity contribution in [2.75, 3.05) is 7.11 Å². The maximum atomic E-state index is 12.3. The summed E-state index contributed by atoms with van der Waals surface area (Å²) in [6.45, 7) is 1.88. The lowest BCUT2D eigenvalue weighted by Crippen LogP contribution is -2.36. The fourth-order valence-electron chi connectivity index (χ4n) is 2.99. The van der Waals surface area contributed by atoms with Gasteiger partial charge in [0.25, 0.3) is 0 Å². The van der Waals surface area contributed by atoms with Crippen LogP contribution in [0.3, 0.4) is 0 Å². The van der Waals surface area contributed by atoms with Crippen LogP contribution < -0.4 is 10.1 Å². The number of carbonyl (C=O) groups is 2. The van der Waals surface area contributed by atoms with Crippen molar-refractivity contribution in [3.8, 4) is 5.75 Å². The fourth-order valence-corrected chi connectivity index (χ4v) is 2.99. The molecule has 3 atom stereocenters. The second-order valence-corrected chi connectivity index (χ2v) is 5.45. The minimum absolute atomic E-state index is 0.182. The van der Waals surface area contributed by atoms with Gasteiger partial charge >= 0.3 is 5.97 Å². The van der Waals surface area contributed by atoms with Gasteiger partial charge in [-0.25, -0.2) is 0 Å². The highest BCUT2D eigenvalue weighted by Crippen LogP contribution is 2.33. The Bertz CT molecular complexity index is 529. The number of para-hydroxylation sites is 1. The van der Waals surface area contributed by atoms with E-state index >= 15 is 0 Å². The van der Waals surface area contributed by atoms with E-state index in [1.54, 1.807) is 7.11 Å². The van der Waals surface area contributed by atoms with E-state index < -0.39 is 17.8 Å². The quantitative estimate of drug-likeness (QED) is 0.873. The number of hydrogen-bond donors (Lipinski definition) is 2. The molecule has 114 valence electrons. The van der Waals surface area contributed by atoms with Crippen LogP contribution in [0, 0.1) is 11.8 Å². The number of amides is 1. The van der Waals surface area contributed by atoms with Gasteiger partial charge in [0.05, 0.1) is 25.0 Å². The third-order valence-corrected chi connectivity index (χ3v) is 4.13. The van der Waals surface area contributed by atoms with Crippen LogP contribution in [0.15, 0.2) is 24.3 Å². The molecule has 21 heavy (non-hydrogen) atoms. The molecule has 1 aliphatic rings. The minimum atomic E-state index is -0.877. The molecule has 2 rings (SSSR count). The number of carboxylic acid groups (broad SMARTS) is 1. The normalized spacial score (nSPS) is 22.6. The van der Waals surface area contributed by atoms with Crippen molar-refractivity contribution in [2.24, 2.45) is 11.8 Å². The Morgan fingerprint density at radius 1 is 1.29 bits per heavy atom. The van der Waals surface area contributed by atoms with E-state index in [4.69, 9.17) is 9.84 Å². The summed E-state index contributed by atoms with van der Waals surface area (Å²) in [6, 6.07) is 7.27. The Balaban J connectivity index is 2.07. The highest BCUT2D eigenvalue weighted by Gasteiger charge is 2.38. The number of aliphatic carboxylic acids is 1. The number of carbonyl (C=O) groups excluding carboxylic acids is 1. The molecule has 5 nitrogen and oxygen atoms in total. The van der Waals surface area contributed by atoms with Crippen LogP contribution in [0.1, 0.15) is 37.8 Å². The van der Waals surface area contributed by atoms with Gasteiger partial charge in [0, 0.05) is 5.56 Å². The predicted octanol–water partition coefficient (Wildman–Crippen LogP) is 2.37. The van der Waals surface area contributed by atoms with Crippen molar-refractivity contribution in [3.05, 3.63) is 29.8 Å². The summed E-state index contributed by atoms with van der Waals surface area (Å²) >= 11 is 0. The second-order valence-electron chi connectivity index (χ2n) is 5.45. The Kier molecular flexibility index (Phi) is 4.83. The average molecular weight is 291 g/mol. The van der Waals surface area contributed by atoms with Crippen molar-refractivity contribution < 1.29 is 19.4 Å². The van der Waals surface area contributed by atoms with E-state index in [0.29, 0.717) is 18.6 Å². The van der Waals surface area contributed by atoms with Crippen LogP contribution in [0.25, 0.3) is 0 Å². The van der Waals surface area contributed by atoms with Crippen molar-refractivity contribution >= 4 is 11.9 Å². The zero-order valence-corrected chi connectivity index (χ0v) is 12.3. The first-order valence-electron chi connectivity index (χ1n) is 7.20. The summed E-state index contributed by atoms with van der Waals surface area (Å²) in [7, 11) is 1.59. The van der Waals surface area contributed by atoms with Crippen molar-refractivity contribution in [2.45, 2.75) is 32.2 Å². The summed E-state index contributed by atoms with van der Waals surface area (Å²) < 4.78 is 5.29. The van der Waals surface area contributed by atoms with Gasteiger partial charge in [-0.2, -0.15) is 0 Å². The zero-order valence-electron chi connectivity index (χ0n) is 12.3. The highest BCUT2D eigenvalue weighted by atomic mass is 16.5. The van der Waals surface area contributed by atoms with E-state index in [1.165, 1.54) is 0 Å². The van der Waals surface area contributed by atoms with Gasteiger partial charge in [-0.3, -0.25) is 9.59 Å². The third-order valence-electron chi connectivity index (χ3n) is 4.13. The van der Waals surface area contributed by atoms with Gasteiger partial charge in [0.15, 0.2) is 0 Å². The largest absolute Gasteiger partial charge is 0.496 e. The van der Waals surface area contributed by atoms with Gasteiger partial charge in [0.2, 0.25) is 5.91 Å². The van der Waals surface area contributed by atoms with E-state index in [-0.39, 0.29) is 11.9 Å². The molecule has 0 heterocycles. The molecule has 2 N–H and O–H groups in total. The van der Waals surface area contributed by atoms with Crippen LogP contribution in [0.4, 0.5) is 0 Å². The van der Waals surface area contributed by atoms with Crippen molar-refractivity contribution in [1.29, 1.82) is 0 Å². The lowest BCUT2D eigenvalue weighted by atomic mass is 9.94. The molecule has 0 saturated heterocycles. The monoisotopic (exact) mass is 291 g/mol. The number of nitrogens with one attached hydrogen (secondary N) is 1. The van der Waals surface area contributed by atoms with Crippen molar-refractivity contribution in [1.82, 2.24) is 5.32 Å². The van der Waals surface area contributed by atoms with Gasteiger partial charge in [-0.05, 0) is 25.8 Å². The molecule has 0 bridgehead atoms. The third kappa shape index (κ3) is 3.35. The predicted molar refractivity (Wildman–Crippen MR) is 78.0 cm³/mol. The van der Waals surface area contributed by atoms with E-state index in [0.717, 1.165) is 12.0 Å². The fraction of sp³-hybridized carbons (Fsp3) is 0.500. The number of hydrogen-bond acceptors (Lipinski definition) is 3. The Hall–Kier alpha value is -2.04. The summed E-state index contributed by atoms with van der Waals surface area (Å²) in [4.78, 5) is 23.5. The van der Waals surface area contributed by atoms with Gasteiger partial charge in [0.1, 0.15) is 5.75 Å². The van der Waals surface area contributed by atoms with Gasteiger partial charge < -0.3 is 15.2 Å². The Labute approximate surface area is 124 Å². The summed E-state index contributed by atoms with van der Waals surface area (Å²) in [5.41, 5.74) is 0.887. The molecule has 1 aromatic rings. The van der Waals surface area contributed by atoms with Crippen LogP contribution >= 0.6 is 0 Å². The first kappa shape index (κ1) is 15.4. The maximum absolute atomic E-state index is 12.3. The maximum Gasteiger partial charge on any atom is 0.307 e. The summed E-state index contributed by atoms with van der Waals surface area (Å²) in [5, 5.41) is 12.1. The SMILES string of the molecule is COc1ccccc1C(C)NC(=O)[C@@H]1CCC[C@@H]1C(=O)O. The molecular weight excluding hydrogens is 270 g/mol. The van der Waals surface area contributed by atoms with E-state index in [2.05, 4.69) is 5.32 Å². The topological polar surface area (TPSA) is 75.6 Å². The molecule has 1 amide bonds. The molecule has 1 aromatic carbocycles. The van der Waals surface area contributed by atoms with Crippen LogP contribution in [0.5, 0.6) is 5.75 Å².